The lowest BCUT2D eigenvalue weighted by molar-refractivity contribution is 0.199. The number of hydrogen-bond donors (Lipinski definition) is 1. The summed E-state index contributed by atoms with van der Waals surface area (Å²) in [6.07, 6.45) is 0.690. The highest BCUT2D eigenvalue weighted by Crippen LogP contribution is 2.30. The van der Waals surface area contributed by atoms with Crippen LogP contribution in [0.4, 0.5) is 0 Å². The van der Waals surface area contributed by atoms with E-state index in [-0.39, 0.29) is 12.0 Å². The van der Waals surface area contributed by atoms with Crippen LogP contribution in [-0.4, -0.2) is 41.4 Å². The lowest BCUT2D eigenvalue weighted by atomic mass is 10.1. The van der Waals surface area contributed by atoms with E-state index >= 15 is 0 Å². The van der Waals surface area contributed by atoms with E-state index in [0.29, 0.717) is 24.7 Å². The van der Waals surface area contributed by atoms with E-state index in [1.165, 1.54) is 0 Å². The van der Waals surface area contributed by atoms with Gasteiger partial charge in [0.15, 0.2) is 5.82 Å². The molecular weight excluding hydrogens is 214 g/mol. The second-order valence-corrected chi connectivity index (χ2v) is 4.67. The first-order valence-electron chi connectivity index (χ1n) is 4.96. The fraction of sp³-hybridized carbons (Fsp3) is 0.778. The molecule has 2 rings (SSSR count). The SMILES string of the molecule is COCCc1noc(C2CSCC2N)n1. The van der Waals surface area contributed by atoms with E-state index in [4.69, 9.17) is 15.0 Å². The number of methoxy groups -OCH3 is 1. The van der Waals surface area contributed by atoms with Gasteiger partial charge in [0.05, 0.1) is 12.5 Å². The molecule has 1 aliphatic heterocycles. The number of aromatic nitrogens is 2. The van der Waals surface area contributed by atoms with Crippen molar-refractivity contribution in [2.75, 3.05) is 25.2 Å². The summed E-state index contributed by atoms with van der Waals surface area (Å²) < 4.78 is 10.2. The molecule has 2 atom stereocenters. The third-order valence-electron chi connectivity index (χ3n) is 2.46. The van der Waals surface area contributed by atoms with E-state index in [1.807, 2.05) is 11.8 Å². The van der Waals surface area contributed by atoms with Gasteiger partial charge in [-0.25, -0.2) is 0 Å². The van der Waals surface area contributed by atoms with Gasteiger partial charge < -0.3 is 15.0 Å². The molecule has 0 amide bonds. The summed E-state index contributed by atoms with van der Waals surface area (Å²) in [5.41, 5.74) is 5.95. The molecule has 1 saturated heterocycles. The molecule has 15 heavy (non-hydrogen) atoms. The lowest BCUT2D eigenvalue weighted by Gasteiger charge is -2.07. The lowest BCUT2D eigenvalue weighted by Crippen LogP contribution is -2.26. The summed E-state index contributed by atoms with van der Waals surface area (Å²) >= 11 is 1.83. The van der Waals surface area contributed by atoms with Crippen LogP contribution in [0.25, 0.3) is 0 Å². The first-order valence-corrected chi connectivity index (χ1v) is 6.11. The van der Waals surface area contributed by atoms with Gasteiger partial charge in [-0.2, -0.15) is 16.7 Å². The van der Waals surface area contributed by atoms with Gasteiger partial charge in [-0.05, 0) is 0 Å². The molecular formula is C9H15N3O2S. The van der Waals surface area contributed by atoms with Gasteiger partial charge in [-0.3, -0.25) is 0 Å². The summed E-state index contributed by atoms with van der Waals surface area (Å²) in [5, 5.41) is 3.90. The minimum absolute atomic E-state index is 0.144. The summed E-state index contributed by atoms with van der Waals surface area (Å²) in [7, 11) is 1.66. The molecule has 0 aliphatic carbocycles. The average Bonchev–Trinajstić information content (AvgIpc) is 2.83. The number of ether oxygens (including phenoxy) is 1. The summed E-state index contributed by atoms with van der Waals surface area (Å²) in [6.45, 7) is 0.616. The normalized spacial score (nSPS) is 26.0. The topological polar surface area (TPSA) is 74.2 Å². The Balaban J connectivity index is 1.99. The largest absolute Gasteiger partial charge is 0.384 e. The van der Waals surface area contributed by atoms with Crippen LogP contribution >= 0.6 is 11.8 Å². The number of hydrogen-bond acceptors (Lipinski definition) is 6. The number of nitrogens with two attached hydrogens (primary N) is 1. The first kappa shape index (κ1) is 10.9. The van der Waals surface area contributed by atoms with Crippen molar-refractivity contribution < 1.29 is 9.26 Å². The first-order chi connectivity index (χ1) is 7.31. The minimum atomic E-state index is 0.144. The van der Waals surface area contributed by atoms with Crippen molar-refractivity contribution in [1.29, 1.82) is 0 Å². The Morgan fingerprint density at radius 3 is 3.13 bits per heavy atom. The maximum absolute atomic E-state index is 5.95. The predicted molar refractivity (Wildman–Crippen MR) is 57.9 cm³/mol. The van der Waals surface area contributed by atoms with Crippen LogP contribution < -0.4 is 5.73 Å². The molecule has 0 spiro atoms. The second kappa shape index (κ2) is 4.96. The monoisotopic (exact) mass is 229 g/mol. The van der Waals surface area contributed by atoms with Crippen LogP contribution in [-0.2, 0) is 11.2 Å². The summed E-state index contributed by atoms with van der Waals surface area (Å²) in [5.74, 6) is 3.56. The molecule has 0 aromatic carbocycles. The Morgan fingerprint density at radius 1 is 1.60 bits per heavy atom. The smallest absolute Gasteiger partial charge is 0.232 e. The Morgan fingerprint density at radius 2 is 2.47 bits per heavy atom. The molecule has 2 N–H and O–H groups in total. The fourth-order valence-corrected chi connectivity index (χ4v) is 2.82. The molecule has 2 heterocycles. The molecule has 1 aromatic heterocycles. The van der Waals surface area contributed by atoms with E-state index in [1.54, 1.807) is 7.11 Å². The van der Waals surface area contributed by atoms with Crippen molar-refractivity contribution in [2.24, 2.45) is 5.73 Å². The summed E-state index contributed by atoms with van der Waals surface area (Å²) in [4.78, 5) is 4.33. The Labute approximate surface area is 92.7 Å². The molecule has 1 aliphatic rings. The molecule has 1 aromatic rings. The van der Waals surface area contributed by atoms with E-state index in [0.717, 1.165) is 11.5 Å². The van der Waals surface area contributed by atoms with Crippen LogP contribution in [0.3, 0.4) is 0 Å². The van der Waals surface area contributed by atoms with Crippen LogP contribution in [0.1, 0.15) is 17.6 Å². The molecule has 6 heteroatoms. The summed E-state index contributed by atoms with van der Waals surface area (Å²) in [6, 6.07) is 0.144. The highest BCUT2D eigenvalue weighted by molar-refractivity contribution is 7.99. The predicted octanol–water partition coefficient (Wildman–Crippen LogP) is 0.416. The van der Waals surface area contributed by atoms with Crippen LogP contribution in [0, 0.1) is 0 Å². The molecule has 1 fully saturated rings. The van der Waals surface area contributed by atoms with E-state index in [9.17, 15) is 0 Å². The number of nitrogens with zero attached hydrogens (tertiary/aromatic N) is 2. The van der Waals surface area contributed by atoms with Gasteiger partial charge in [0, 0.05) is 31.1 Å². The quantitative estimate of drug-likeness (QED) is 0.806. The van der Waals surface area contributed by atoms with Crippen LogP contribution in [0.2, 0.25) is 0 Å². The third kappa shape index (κ3) is 2.50. The van der Waals surface area contributed by atoms with Crippen molar-refractivity contribution >= 4 is 11.8 Å². The third-order valence-corrected chi connectivity index (χ3v) is 3.67. The van der Waals surface area contributed by atoms with Gasteiger partial charge in [-0.1, -0.05) is 5.16 Å². The Hall–Kier alpha value is -0.590. The fourth-order valence-electron chi connectivity index (χ4n) is 1.54. The van der Waals surface area contributed by atoms with Crippen LogP contribution in [0.15, 0.2) is 4.52 Å². The van der Waals surface area contributed by atoms with Crippen molar-refractivity contribution in [3.63, 3.8) is 0 Å². The Bertz CT molecular complexity index is 318. The molecule has 0 saturated carbocycles. The van der Waals surface area contributed by atoms with Crippen molar-refractivity contribution in [1.82, 2.24) is 10.1 Å². The maximum Gasteiger partial charge on any atom is 0.232 e. The average molecular weight is 229 g/mol. The van der Waals surface area contributed by atoms with Gasteiger partial charge in [-0.15, -0.1) is 0 Å². The van der Waals surface area contributed by atoms with E-state index < -0.39 is 0 Å². The zero-order valence-corrected chi connectivity index (χ0v) is 9.50. The Kier molecular flexibility index (Phi) is 3.61. The molecule has 2 unspecified atom stereocenters. The molecule has 5 nitrogen and oxygen atoms in total. The van der Waals surface area contributed by atoms with E-state index in [2.05, 4.69) is 10.1 Å². The minimum Gasteiger partial charge on any atom is -0.384 e. The zero-order chi connectivity index (χ0) is 10.7. The molecule has 84 valence electrons. The highest BCUT2D eigenvalue weighted by Gasteiger charge is 2.30. The standard InChI is InChI=1S/C9H15N3O2S/c1-13-3-2-8-11-9(14-12-8)6-4-15-5-7(6)10/h6-7H,2-5,10H2,1H3. The molecule has 0 radical (unpaired) electrons. The number of rotatable bonds is 4. The zero-order valence-electron chi connectivity index (χ0n) is 8.68. The number of thioether (sulfide) groups is 1. The van der Waals surface area contributed by atoms with Gasteiger partial charge >= 0.3 is 0 Å². The van der Waals surface area contributed by atoms with Gasteiger partial charge in [0.1, 0.15) is 0 Å². The van der Waals surface area contributed by atoms with Crippen molar-refractivity contribution in [2.45, 2.75) is 18.4 Å². The highest BCUT2D eigenvalue weighted by atomic mass is 32.2. The second-order valence-electron chi connectivity index (χ2n) is 3.60. The van der Waals surface area contributed by atoms with Crippen molar-refractivity contribution in [3.8, 4) is 0 Å². The van der Waals surface area contributed by atoms with Gasteiger partial charge in [0.2, 0.25) is 5.89 Å². The molecule has 0 bridgehead atoms. The van der Waals surface area contributed by atoms with Crippen LogP contribution in [0.5, 0.6) is 0 Å². The van der Waals surface area contributed by atoms with Gasteiger partial charge in [0.25, 0.3) is 0 Å². The van der Waals surface area contributed by atoms with Crippen molar-refractivity contribution in [3.05, 3.63) is 11.7 Å². The maximum atomic E-state index is 5.95.